The van der Waals surface area contributed by atoms with Crippen molar-refractivity contribution in [3.05, 3.63) is 290 Å². The third-order valence-corrected chi connectivity index (χ3v) is 19.7. The Morgan fingerprint density at radius 1 is 0.267 bits per heavy atom. The van der Waals surface area contributed by atoms with Gasteiger partial charge in [0.1, 0.15) is 11.2 Å². The molecular formula is C83H52N6O. The van der Waals surface area contributed by atoms with Crippen LogP contribution in [0.1, 0.15) is 25.0 Å². The van der Waals surface area contributed by atoms with Crippen LogP contribution in [-0.4, -0.2) is 28.2 Å². The van der Waals surface area contributed by atoms with E-state index in [9.17, 15) is 0 Å². The molecule has 6 heterocycles. The van der Waals surface area contributed by atoms with E-state index in [-0.39, 0.29) is 5.41 Å². The van der Waals surface area contributed by atoms with Gasteiger partial charge in [-0.3, -0.25) is 9.13 Å². The first-order valence-electron chi connectivity index (χ1n) is 31.0. The third kappa shape index (κ3) is 6.83. The van der Waals surface area contributed by atoms with E-state index in [2.05, 4.69) is 299 Å². The summed E-state index contributed by atoms with van der Waals surface area (Å²) in [5.41, 5.74) is 24.0. The summed E-state index contributed by atoms with van der Waals surface area (Å²) in [4.78, 5) is 11.9. The lowest BCUT2D eigenvalue weighted by atomic mass is 9.82. The molecule has 19 aromatic rings. The molecule has 20 rings (SSSR count). The first-order valence-corrected chi connectivity index (χ1v) is 31.0. The van der Waals surface area contributed by atoms with E-state index < -0.39 is 0 Å². The summed E-state index contributed by atoms with van der Waals surface area (Å²) in [5.74, 6) is 1.46. The van der Waals surface area contributed by atoms with Gasteiger partial charge in [0, 0.05) is 70.7 Å². The van der Waals surface area contributed by atoms with Gasteiger partial charge in [0.05, 0.1) is 55.2 Å². The Labute approximate surface area is 515 Å². The molecule has 6 aromatic heterocycles. The van der Waals surface area contributed by atoms with Gasteiger partial charge < -0.3 is 13.6 Å². The normalized spacial score (nSPS) is 13.1. The van der Waals surface area contributed by atoms with Gasteiger partial charge in [0.25, 0.3) is 0 Å². The van der Waals surface area contributed by atoms with Crippen molar-refractivity contribution in [1.82, 2.24) is 28.2 Å². The predicted molar refractivity (Wildman–Crippen MR) is 373 cm³/mol. The fourth-order valence-corrected chi connectivity index (χ4v) is 15.6. The molecule has 0 unspecified atom stereocenters. The van der Waals surface area contributed by atoms with Crippen LogP contribution in [0.5, 0.6) is 0 Å². The van der Waals surface area contributed by atoms with Crippen molar-refractivity contribution in [3.63, 3.8) is 0 Å². The van der Waals surface area contributed by atoms with Crippen LogP contribution >= 0.6 is 0 Å². The molecule has 0 bridgehead atoms. The summed E-state index contributed by atoms with van der Waals surface area (Å²) >= 11 is 0. The molecule has 7 heteroatoms. The second kappa shape index (κ2) is 18.1. The summed E-state index contributed by atoms with van der Waals surface area (Å²) in [6.45, 7) is 4.73. The van der Waals surface area contributed by atoms with Crippen molar-refractivity contribution in [2.75, 3.05) is 0 Å². The van der Waals surface area contributed by atoms with E-state index in [1.807, 2.05) is 12.1 Å². The zero-order valence-electron chi connectivity index (χ0n) is 49.1. The number of benzene rings is 13. The number of para-hydroxylation sites is 6. The number of hydrogen-bond acceptors (Lipinski definition) is 3. The maximum atomic E-state index is 6.29. The molecule has 0 saturated heterocycles. The maximum absolute atomic E-state index is 6.29. The Morgan fingerprint density at radius 3 is 1.41 bits per heavy atom. The zero-order valence-corrected chi connectivity index (χ0v) is 49.1. The average molecular weight is 1150 g/mol. The van der Waals surface area contributed by atoms with E-state index in [0.717, 1.165) is 127 Å². The molecule has 0 spiro atoms. The van der Waals surface area contributed by atoms with Crippen LogP contribution in [0.4, 0.5) is 0 Å². The van der Waals surface area contributed by atoms with E-state index in [0.29, 0.717) is 0 Å². The first-order chi connectivity index (χ1) is 44.4. The molecular weight excluding hydrogens is 1100 g/mol. The van der Waals surface area contributed by atoms with Gasteiger partial charge in [-0.05, 0) is 160 Å². The Hall–Kier alpha value is -11.8. The van der Waals surface area contributed by atoms with Gasteiger partial charge in [0.15, 0.2) is 11.6 Å². The molecule has 0 aliphatic heterocycles. The molecule has 7 nitrogen and oxygen atoms in total. The zero-order chi connectivity index (χ0) is 59.1. The highest BCUT2D eigenvalue weighted by Crippen LogP contribution is 2.51. The molecule has 0 amide bonds. The number of aromatic nitrogens is 6. The van der Waals surface area contributed by atoms with Gasteiger partial charge >= 0.3 is 0 Å². The summed E-state index contributed by atoms with van der Waals surface area (Å²) in [7, 11) is 0. The predicted octanol–water partition coefficient (Wildman–Crippen LogP) is 21.6. The highest BCUT2D eigenvalue weighted by Gasteiger charge is 2.36. The molecule has 420 valence electrons. The van der Waals surface area contributed by atoms with Crippen molar-refractivity contribution in [3.8, 4) is 56.4 Å². The lowest BCUT2D eigenvalue weighted by Gasteiger charge is -2.21. The number of nitrogens with zero attached hydrogens (tertiary/aromatic N) is 6. The van der Waals surface area contributed by atoms with Gasteiger partial charge in [0.2, 0.25) is 0 Å². The van der Waals surface area contributed by atoms with Gasteiger partial charge in [-0.1, -0.05) is 178 Å². The van der Waals surface area contributed by atoms with Crippen LogP contribution in [0.15, 0.2) is 283 Å². The van der Waals surface area contributed by atoms with E-state index in [4.69, 9.17) is 14.4 Å². The SMILES string of the molecule is CC1(C)c2ccccc2-c2cc3c4ccccc4n(-c4ccc5nc(-n6c7ccccc7c7cc(-c8ccc9oc%10ccccc%10c9c8)ccc76)c(-n6c7ccccc7c7ccc(-c8ccc9c(c8)c8ccccc8n9-c8ccccc8)cc76)nc5c4)c3cc21. The fourth-order valence-electron chi connectivity index (χ4n) is 15.6. The number of fused-ring (bicyclic) bond motifs is 19. The molecule has 0 fully saturated rings. The molecule has 1 aliphatic rings. The summed E-state index contributed by atoms with van der Waals surface area (Å²) in [6.07, 6.45) is 0. The van der Waals surface area contributed by atoms with Crippen LogP contribution in [0.2, 0.25) is 0 Å². The highest BCUT2D eigenvalue weighted by molar-refractivity contribution is 6.16. The third-order valence-electron chi connectivity index (χ3n) is 19.7. The molecule has 1 aliphatic carbocycles. The minimum atomic E-state index is -0.169. The van der Waals surface area contributed by atoms with E-state index >= 15 is 0 Å². The summed E-state index contributed by atoms with van der Waals surface area (Å²) in [6, 6.07) is 102. The van der Waals surface area contributed by atoms with Gasteiger partial charge in [-0.25, -0.2) is 9.97 Å². The molecule has 0 N–H and O–H groups in total. The Kier molecular flexibility index (Phi) is 9.94. The second-order valence-electron chi connectivity index (χ2n) is 24.9. The summed E-state index contributed by atoms with van der Waals surface area (Å²) in [5, 5.41) is 11.6. The molecule has 13 aromatic carbocycles. The van der Waals surface area contributed by atoms with Gasteiger partial charge in [-0.15, -0.1) is 0 Å². The van der Waals surface area contributed by atoms with E-state index in [1.165, 1.54) is 60.3 Å². The Bertz CT molecular complexity index is 6320. The van der Waals surface area contributed by atoms with Crippen molar-refractivity contribution in [2.45, 2.75) is 19.3 Å². The average Bonchev–Trinajstić information content (AvgIpc) is 1.60. The van der Waals surface area contributed by atoms with Crippen LogP contribution < -0.4 is 0 Å². The van der Waals surface area contributed by atoms with Crippen LogP contribution in [-0.2, 0) is 5.41 Å². The maximum Gasteiger partial charge on any atom is 0.182 e. The number of furan rings is 1. The van der Waals surface area contributed by atoms with Crippen molar-refractivity contribution in [2.24, 2.45) is 0 Å². The van der Waals surface area contributed by atoms with Gasteiger partial charge in [-0.2, -0.15) is 0 Å². The molecule has 0 atom stereocenters. The molecule has 0 radical (unpaired) electrons. The number of hydrogen-bond donors (Lipinski definition) is 0. The van der Waals surface area contributed by atoms with Crippen LogP contribution in [0.25, 0.3) is 177 Å². The minimum Gasteiger partial charge on any atom is -0.456 e. The van der Waals surface area contributed by atoms with Crippen LogP contribution in [0, 0.1) is 0 Å². The minimum absolute atomic E-state index is 0.169. The Balaban J connectivity index is 0.838. The largest absolute Gasteiger partial charge is 0.456 e. The monoisotopic (exact) mass is 1150 g/mol. The summed E-state index contributed by atoms with van der Waals surface area (Å²) < 4.78 is 15.8. The lowest BCUT2D eigenvalue weighted by molar-refractivity contribution is 0.661. The van der Waals surface area contributed by atoms with Crippen molar-refractivity contribution < 1.29 is 4.42 Å². The van der Waals surface area contributed by atoms with Crippen LogP contribution in [0.3, 0.4) is 0 Å². The van der Waals surface area contributed by atoms with E-state index in [1.54, 1.807) is 0 Å². The quantitative estimate of drug-likeness (QED) is 0.167. The lowest BCUT2D eigenvalue weighted by Crippen LogP contribution is -2.15. The van der Waals surface area contributed by atoms with Crippen molar-refractivity contribution in [1.29, 1.82) is 0 Å². The van der Waals surface area contributed by atoms with Crippen molar-refractivity contribution >= 4 is 120 Å². The smallest absolute Gasteiger partial charge is 0.182 e. The highest BCUT2D eigenvalue weighted by atomic mass is 16.3. The molecule has 90 heavy (non-hydrogen) atoms. The molecule has 0 saturated carbocycles. The fraction of sp³-hybridized carbons (Fsp3) is 0.0361. The topological polar surface area (TPSA) is 58.6 Å². The first kappa shape index (κ1) is 49.3. The standard InChI is InChI=1S/C83H52N6O/c1-83(2)67-26-12-6-20-55(67)62-47-65-59-24-9-14-28-72(59)87(78(65)48-68(62)83)54-36-38-69-70(46-54)85-82(81(84-69)88-74-30-16-10-23-58(74)64-42-49(34-40-76(64)88)51-35-41-80-66(44-51)61-25-11-17-31-79(61)90-80)89-73-29-15-7-21-56(73)60-37-32-52(45-77(60)89)50-33-39-75-63(43-50)57-22-8-13-27-71(57)86(75)53-18-4-3-5-19-53/h3-48H,1-2H3. The second-order valence-corrected chi connectivity index (χ2v) is 24.9. The number of rotatable bonds is 6. The Morgan fingerprint density at radius 2 is 0.722 bits per heavy atom.